The van der Waals surface area contributed by atoms with Crippen LogP contribution < -0.4 is 5.32 Å². The summed E-state index contributed by atoms with van der Waals surface area (Å²) in [4.78, 5) is 28.5. The van der Waals surface area contributed by atoms with E-state index in [0.29, 0.717) is 6.54 Å². The van der Waals surface area contributed by atoms with E-state index in [0.717, 1.165) is 52.0 Å². The Kier molecular flexibility index (Phi) is 4.17. The average Bonchev–Trinajstić information content (AvgIpc) is 2.74. The Morgan fingerprint density at radius 2 is 1.60 bits per heavy atom. The molecule has 0 bridgehead atoms. The first kappa shape index (κ1) is 13.8. The Morgan fingerprint density at radius 1 is 1.00 bits per heavy atom. The van der Waals surface area contributed by atoms with Gasteiger partial charge in [0.1, 0.15) is 0 Å². The standard InChI is InChI=1S/C15H23N3O2/c19-14-12-4-1-2-5-13(12)15(20)18(14)9-3-8-17-10-6-16-7-11-17/h1-2,12-13,16H,3-11H2/t12-,13+. The highest BCUT2D eigenvalue weighted by atomic mass is 16.2. The van der Waals surface area contributed by atoms with Crippen LogP contribution >= 0.6 is 0 Å². The Balaban J connectivity index is 1.50. The first-order valence-corrected chi connectivity index (χ1v) is 7.70. The normalized spacial score (nSPS) is 30.9. The predicted octanol–water partition coefficient (Wildman–Crippen LogP) is 0.233. The SMILES string of the molecule is O=C1[C@H]2CC=CC[C@H]2C(=O)N1CCCN1CCNCC1. The number of amides is 2. The second kappa shape index (κ2) is 6.06. The number of hydrogen-bond donors (Lipinski definition) is 1. The van der Waals surface area contributed by atoms with Gasteiger partial charge in [-0.25, -0.2) is 0 Å². The second-order valence-electron chi connectivity index (χ2n) is 5.93. The van der Waals surface area contributed by atoms with Crippen LogP contribution in [0.4, 0.5) is 0 Å². The zero-order valence-electron chi connectivity index (χ0n) is 11.9. The molecule has 5 nitrogen and oxygen atoms in total. The summed E-state index contributed by atoms with van der Waals surface area (Å²) in [7, 11) is 0. The van der Waals surface area contributed by atoms with Crippen molar-refractivity contribution >= 4 is 11.8 Å². The molecule has 2 fully saturated rings. The summed E-state index contributed by atoms with van der Waals surface area (Å²) in [6, 6.07) is 0. The molecule has 0 aromatic rings. The fraction of sp³-hybridized carbons (Fsp3) is 0.733. The fourth-order valence-electron chi connectivity index (χ4n) is 3.48. The second-order valence-corrected chi connectivity index (χ2v) is 5.93. The topological polar surface area (TPSA) is 52.7 Å². The molecule has 0 spiro atoms. The minimum Gasteiger partial charge on any atom is -0.314 e. The minimum atomic E-state index is -0.0771. The van der Waals surface area contributed by atoms with Gasteiger partial charge in [0.05, 0.1) is 11.8 Å². The Bertz CT molecular complexity index is 389. The van der Waals surface area contributed by atoms with Crippen LogP contribution in [-0.2, 0) is 9.59 Å². The zero-order valence-corrected chi connectivity index (χ0v) is 11.9. The van der Waals surface area contributed by atoms with E-state index in [1.165, 1.54) is 4.90 Å². The third-order valence-electron chi connectivity index (χ3n) is 4.66. The Morgan fingerprint density at radius 3 is 2.20 bits per heavy atom. The first-order chi connectivity index (χ1) is 9.77. The molecule has 110 valence electrons. The molecular formula is C15H23N3O2. The van der Waals surface area contributed by atoms with Gasteiger partial charge in [-0.3, -0.25) is 14.5 Å². The molecule has 1 aliphatic carbocycles. The lowest BCUT2D eigenvalue weighted by Crippen LogP contribution is -2.44. The summed E-state index contributed by atoms with van der Waals surface area (Å²) in [5.74, 6) is -0.0345. The van der Waals surface area contributed by atoms with Gasteiger partial charge in [-0.05, 0) is 25.8 Å². The van der Waals surface area contributed by atoms with Crippen molar-refractivity contribution in [1.82, 2.24) is 15.1 Å². The molecule has 2 amide bonds. The van der Waals surface area contributed by atoms with E-state index in [1.807, 2.05) is 12.2 Å². The van der Waals surface area contributed by atoms with Gasteiger partial charge in [0.25, 0.3) is 0 Å². The van der Waals surface area contributed by atoms with E-state index in [-0.39, 0.29) is 23.7 Å². The molecule has 0 saturated carbocycles. The van der Waals surface area contributed by atoms with Crippen molar-refractivity contribution in [2.45, 2.75) is 19.3 Å². The van der Waals surface area contributed by atoms with Gasteiger partial charge in [0.15, 0.2) is 0 Å². The van der Waals surface area contributed by atoms with E-state index in [4.69, 9.17) is 0 Å². The Hall–Kier alpha value is -1.20. The highest BCUT2D eigenvalue weighted by Crippen LogP contribution is 2.34. The van der Waals surface area contributed by atoms with Gasteiger partial charge in [0.2, 0.25) is 11.8 Å². The maximum atomic E-state index is 12.3. The number of hydrogen-bond acceptors (Lipinski definition) is 4. The quantitative estimate of drug-likeness (QED) is 0.590. The summed E-state index contributed by atoms with van der Waals surface area (Å²) in [5, 5.41) is 3.33. The summed E-state index contributed by atoms with van der Waals surface area (Å²) in [6.07, 6.45) is 6.45. The largest absolute Gasteiger partial charge is 0.314 e. The third kappa shape index (κ3) is 2.65. The van der Waals surface area contributed by atoms with Gasteiger partial charge in [-0.2, -0.15) is 0 Å². The molecule has 3 rings (SSSR count). The predicted molar refractivity (Wildman–Crippen MR) is 76.0 cm³/mol. The number of carbonyl (C=O) groups is 2. The van der Waals surface area contributed by atoms with Crippen LogP contribution in [0.1, 0.15) is 19.3 Å². The molecule has 3 aliphatic rings. The molecule has 0 unspecified atom stereocenters. The number of piperazine rings is 1. The molecule has 5 heteroatoms. The lowest BCUT2D eigenvalue weighted by Gasteiger charge is -2.27. The maximum Gasteiger partial charge on any atom is 0.233 e. The lowest BCUT2D eigenvalue weighted by atomic mass is 9.85. The monoisotopic (exact) mass is 277 g/mol. The van der Waals surface area contributed by atoms with Crippen molar-refractivity contribution in [2.75, 3.05) is 39.3 Å². The number of nitrogens with zero attached hydrogens (tertiary/aromatic N) is 2. The molecule has 2 aliphatic heterocycles. The number of imide groups is 1. The van der Waals surface area contributed by atoms with Crippen molar-refractivity contribution in [1.29, 1.82) is 0 Å². The minimum absolute atomic E-state index is 0.0599. The van der Waals surface area contributed by atoms with Crippen LogP contribution in [0.3, 0.4) is 0 Å². The van der Waals surface area contributed by atoms with Gasteiger partial charge in [-0.1, -0.05) is 12.2 Å². The number of allylic oxidation sites excluding steroid dienone is 2. The summed E-state index contributed by atoms with van der Waals surface area (Å²) in [6.45, 7) is 5.78. The van der Waals surface area contributed by atoms with E-state index in [2.05, 4.69) is 10.2 Å². The van der Waals surface area contributed by atoms with Gasteiger partial charge in [-0.15, -0.1) is 0 Å². The Labute approximate surface area is 120 Å². The molecular weight excluding hydrogens is 254 g/mol. The maximum absolute atomic E-state index is 12.3. The van der Waals surface area contributed by atoms with E-state index in [1.54, 1.807) is 0 Å². The molecule has 0 aromatic carbocycles. The molecule has 0 radical (unpaired) electrons. The zero-order chi connectivity index (χ0) is 13.9. The van der Waals surface area contributed by atoms with Crippen molar-refractivity contribution in [3.8, 4) is 0 Å². The van der Waals surface area contributed by atoms with E-state index >= 15 is 0 Å². The molecule has 2 saturated heterocycles. The van der Waals surface area contributed by atoms with Crippen molar-refractivity contribution in [3.63, 3.8) is 0 Å². The molecule has 0 aromatic heterocycles. The van der Waals surface area contributed by atoms with Gasteiger partial charge in [0, 0.05) is 32.7 Å². The molecule has 1 N–H and O–H groups in total. The van der Waals surface area contributed by atoms with Crippen LogP contribution in [0.2, 0.25) is 0 Å². The van der Waals surface area contributed by atoms with Gasteiger partial charge < -0.3 is 10.2 Å². The van der Waals surface area contributed by atoms with Crippen LogP contribution in [-0.4, -0.2) is 60.9 Å². The van der Waals surface area contributed by atoms with E-state index in [9.17, 15) is 9.59 Å². The molecule has 2 heterocycles. The smallest absolute Gasteiger partial charge is 0.233 e. The van der Waals surface area contributed by atoms with E-state index < -0.39 is 0 Å². The van der Waals surface area contributed by atoms with Crippen LogP contribution in [0.25, 0.3) is 0 Å². The van der Waals surface area contributed by atoms with Crippen LogP contribution in [0.5, 0.6) is 0 Å². The van der Waals surface area contributed by atoms with Crippen LogP contribution in [0.15, 0.2) is 12.2 Å². The molecule has 20 heavy (non-hydrogen) atoms. The lowest BCUT2D eigenvalue weighted by molar-refractivity contribution is -0.140. The summed E-state index contributed by atoms with van der Waals surface area (Å²) in [5.41, 5.74) is 0. The molecule has 2 atom stereocenters. The average molecular weight is 277 g/mol. The van der Waals surface area contributed by atoms with Crippen molar-refractivity contribution in [3.05, 3.63) is 12.2 Å². The number of nitrogens with one attached hydrogen (secondary N) is 1. The van der Waals surface area contributed by atoms with Crippen molar-refractivity contribution < 1.29 is 9.59 Å². The number of carbonyl (C=O) groups excluding carboxylic acids is 2. The highest BCUT2D eigenvalue weighted by molar-refractivity contribution is 6.05. The number of rotatable bonds is 4. The number of likely N-dealkylation sites (tertiary alicyclic amines) is 1. The number of fused-ring (bicyclic) bond motifs is 1. The fourth-order valence-corrected chi connectivity index (χ4v) is 3.48. The third-order valence-corrected chi connectivity index (χ3v) is 4.66. The van der Waals surface area contributed by atoms with Crippen molar-refractivity contribution in [2.24, 2.45) is 11.8 Å². The van der Waals surface area contributed by atoms with Gasteiger partial charge >= 0.3 is 0 Å². The summed E-state index contributed by atoms with van der Waals surface area (Å²) >= 11 is 0. The first-order valence-electron chi connectivity index (χ1n) is 7.70. The highest BCUT2D eigenvalue weighted by Gasteiger charge is 2.46. The summed E-state index contributed by atoms with van der Waals surface area (Å²) < 4.78 is 0. The van der Waals surface area contributed by atoms with Crippen LogP contribution in [0, 0.1) is 11.8 Å².